The van der Waals surface area contributed by atoms with Crippen molar-refractivity contribution in [1.82, 2.24) is 15.2 Å². The molecule has 34 heavy (non-hydrogen) atoms. The standard InChI is InChI=1S/C25H25BrN4O3S/c1-15-4-6-19(10-16(15)2)30-24(32)21(28-25(30)34)11-17-13-29(14-23(31)27-8-9-33-3)22-7-5-18(26)12-20(17)22/h4-7,10-13H,8-9,14H2,1-3H3,(H,27,31)(H,28,34)/b21-11-. The summed E-state index contributed by atoms with van der Waals surface area (Å²) in [6.07, 6.45) is 3.65. The van der Waals surface area contributed by atoms with Gasteiger partial charge >= 0.3 is 0 Å². The molecule has 3 aromatic rings. The van der Waals surface area contributed by atoms with Gasteiger partial charge in [0.1, 0.15) is 12.2 Å². The van der Waals surface area contributed by atoms with Crippen molar-refractivity contribution in [3.8, 4) is 0 Å². The first kappa shape index (κ1) is 24.1. The van der Waals surface area contributed by atoms with Crippen LogP contribution in [-0.2, 0) is 20.9 Å². The molecule has 4 rings (SSSR count). The largest absolute Gasteiger partial charge is 0.383 e. The lowest BCUT2D eigenvalue weighted by Crippen LogP contribution is -2.30. The molecular weight excluding hydrogens is 516 g/mol. The fraction of sp³-hybridized carbons (Fsp3) is 0.240. The van der Waals surface area contributed by atoms with E-state index in [9.17, 15) is 9.59 Å². The Hall–Kier alpha value is -3.01. The van der Waals surface area contributed by atoms with E-state index >= 15 is 0 Å². The van der Waals surface area contributed by atoms with Crippen LogP contribution in [-0.4, -0.2) is 41.8 Å². The summed E-state index contributed by atoms with van der Waals surface area (Å²) in [7, 11) is 1.59. The van der Waals surface area contributed by atoms with Crippen molar-refractivity contribution in [2.75, 3.05) is 25.2 Å². The summed E-state index contributed by atoms with van der Waals surface area (Å²) in [5, 5.41) is 7.14. The molecule has 1 aliphatic rings. The molecule has 0 saturated carbocycles. The number of hydrogen-bond donors (Lipinski definition) is 2. The molecule has 0 aliphatic carbocycles. The SMILES string of the molecule is COCCNC(=O)Cn1cc(/C=C2\NC(=S)N(c3ccc(C)c(C)c3)C2=O)c2cc(Br)ccc21. The number of fused-ring (bicyclic) bond motifs is 1. The molecule has 1 fully saturated rings. The first-order valence-corrected chi connectivity index (χ1v) is 12.0. The number of hydrogen-bond acceptors (Lipinski definition) is 4. The van der Waals surface area contributed by atoms with Gasteiger partial charge in [-0.1, -0.05) is 22.0 Å². The fourth-order valence-corrected chi connectivity index (χ4v) is 4.50. The number of methoxy groups -OCH3 is 1. The summed E-state index contributed by atoms with van der Waals surface area (Å²) in [4.78, 5) is 27.2. The minimum atomic E-state index is -0.221. The minimum absolute atomic E-state index is 0.117. The minimum Gasteiger partial charge on any atom is -0.383 e. The fourth-order valence-electron chi connectivity index (χ4n) is 3.84. The van der Waals surface area contributed by atoms with Crippen LogP contribution < -0.4 is 15.5 Å². The lowest BCUT2D eigenvalue weighted by Gasteiger charge is -2.15. The Bertz CT molecular complexity index is 1330. The molecule has 176 valence electrons. The van der Waals surface area contributed by atoms with Crippen molar-refractivity contribution in [2.45, 2.75) is 20.4 Å². The Labute approximate surface area is 211 Å². The molecule has 2 heterocycles. The second kappa shape index (κ2) is 10.1. The predicted molar refractivity (Wildman–Crippen MR) is 142 cm³/mol. The zero-order valence-electron chi connectivity index (χ0n) is 19.1. The molecule has 0 spiro atoms. The summed E-state index contributed by atoms with van der Waals surface area (Å²) >= 11 is 9.00. The van der Waals surface area contributed by atoms with E-state index in [1.165, 1.54) is 4.90 Å². The van der Waals surface area contributed by atoms with Gasteiger partial charge in [-0.25, -0.2) is 0 Å². The van der Waals surface area contributed by atoms with Crippen molar-refractivity contribution < 1.29 is 14.3 Å². The summed E-state index contributed by atoms with van der Waals surface area (Å²) in [5.41, 5.74) is 5.04. The van der Waals surface area contributed by atoms with Crippen molar-refractivity contribution >= 4 is 67.7 Å². The van der Waals surface area contributed by atoms with Gasteiger partial charge in [-0.05, 0) is 73.6 Å². The van der Waals surface area contributed by atoms with Crippen molar-refractivity contribution in [2.24, 2.45) is 0 Å². The number of rotatable bonds is 7. The topological polar surface area (TPSA) is 75.6 Å². The second-order valence-corrected chi connectivity index (χ2v) is 9.42. The molecule has 9 heteroatoms. The molecule has 0 atom stereocenters. The highest BCUT2D eigenvalue weighted by Crippen LogP contribution is 2.29. The Balaban J connectivity index is 1.67. The molecule has 2 amide bonds. The highest BCUT2D eigenvalue weighted by molar-refractivity contribution is 9.10. The van der Waals surface area contributed by atoms with E-state index < -0.39 is 0 Å². The molecule has 1 aliphatic heterocycles. The van der Waals surface area contributed by atoms with Crippen LogP contribution in [0.5, 0.6) is 0 Å². The number of aromatic nitrogens is 1. The van der Waals surface area contributed by atoms with E-state index in [0.717, 1.165) is 37.8 Å². The van der Waals surface area contributed by atoms with Gasteiger partial charge in [-0.3, -0.25) is 14.5 Å². The first-order valence-electron chi connectivity index (χ1n) is 10.8. The zero-order chi connectivity index (χ0) is 24.4. The van der Waals surface area contributed by atoms with Gasteiger partial charge in [-0.2, -0.15) is 0 Å². The Morgan fingerprint density at radius 1 is 1.21 bits per heavy atom. The van der Waals surface area contributed by atoms with Crippen molar-refractivity contribution in [1.29, 1.82) is 0 Å². The third-order valence-corrected chi connectivity index (χ3v) is 6.52. The molecule has 7 nitrogen and oxygen atoms in total. The quantitative estimate of drug-likeness (QED) is 0.268. The third kappa shape index (κ3) is 4.91. The number of carbonyl (C=O) groups is 2. The van der Waals surface area contributed by atoms with Gasteiger partial charge in [0.15, 0.2) is 5.11 Å². The van der Waals surface area contributed by atoms with E-state index in [1.807, 2.05) is 61.0 Å². The Kier molecular flexibility index (Phi) is 7.16. The van der Waals surface area contributed by atoms with Crippen LogP contribution in [0.2, 0.25) is 0 Å². The number of aryl methyl sites for hydroxylation is 2. The number of carbonyl (C=O) groups excluding carboxylic acids is 2. The molecular formula is C25H25BrN4O3S. The molecule has 1 saturated heterocycles. The Morgan fingerprint density at radius 3 is 2.74 bits per heavy atom. The molecule has 0 unspecified atom stereocenters. The van der Waals surface area contributed by atoms with Crippen LogP contribution in [0.25, 0.3) is 17.0 Å². The van der Waals surface area contributed by atoms with Gasteiger partial charge in [0.25, 0.3) is 5.91 Å². The summed E-state index contributed by atoms with van der Waals surface area (Å²) < 4.78 is 7.76. The average Bonchev–Trinajstić information content (AvgIpc) is 3.26. The van der Waals surface area contributed by atoms with Crippen LogP contribution in [0.3, 0.4) is 0 Å². The second-order valence-electron chi connectivity index (χ2n) is 8.11. The molecule has 1 aromatic heterocycles. The normalized spacial score (nSPS) is 14.8. The maximum absolute atomic E-state index is 13.3. The number of benzene rings is 2. The number of nitrogens with one attached hydrogen (secondary N) is 2. The molecule has 0 bridgehead atoms. The number of amides is 2. The smallest absolute Gasteiger partial charge is 0.281 e. The van der Waals surface area contributed by atoms with Crippen LogP contribution in [0.4, 0.5) is 5.69 Å². The number of ether oxygens (including phenoxy) is 1. The Morgan fingerprint density at radius 2 is 2.00 bits per heavy atom. The summed E-state index contributed by atoms with van der Waals surface area (Å²) in [6.45, 7) is 5.08. The van der Waals surface area contributed by atoms with Crippen molar-refractivity contribution in [3.05, 3.63) is 69.5 Å². The first-order chi connectivity index (χ1) is 16.3. The van der Waals surface area contributed by atoms with Crippen LogP contribution in [0.15, 0.2) is 52.8 Å². The van der Waals surface area contributed by atoms with Crippen LogP contribution >= 0.6 is 28.1 Å². The van der Waals surface area contributed by atoms with Gasteiger partial charge in [0, 0.05) is 40.8 Å². The van der Waals surface area contributed by atoms with Crippen molar-refractivity contribution in [3.63, 3.8) is 0 Å². The van der Waals surface area contributed by atoms with E-state index in [2.05, 4.69) is 26.6 Å². The average molecular weight is 541 g/mol. The maximum Gasteiger partial charge on any atom is 0.281 e. The van der Waals surface area contributed by atoms with E-state index in [1.54, 1.807) is 13.2 Å². The number of thiocarbonyl (C=S) groups is 1. The highest BCUT2D eigenvalue weighted by atomic mass is 79.9. The number of halogens is 1. The molecule has 2 aromatic carbocycles. The van der Waals surface area contributed by atoms with E-state index in [4.69, 9.17) is 17.0 Å². The van der Waals surface area contributed by atoms with Crippen LogP contribution in [0.1, 0.15) is 16.7 Å². The predicted octanol–water partition coefficient (Wildman–Crippen LogP) is 4.05. The van der Waals surface area contributed by atoms with Gasteiger partial charge in [0.2, 0.25) is 5.91 Å². The van der Waals surface area contributed by atoms with Gasteiger partial charge in [-0.15, -0.1) is 0 Å². The third-order valence-electron chi connectivity index (χ3n) is 5.74. The molecule has 2 N–H and O–H groups in total. The summed E-state index contributed by atoms with van der Waals surface area (Å²) in [6, 6.07) is 11.7. The van der Waals surface area contributed by atoms with E-state index in [0.29, 0.717) is 24.0 Å². The highest BCUT2D eigenvalue weighted by Gasteiger charge is 2.32. The maximum atomic E-state index is 13.3. The van der Waals surface area contributed by atoms with Crippen LogP contribution in [0, 0.1) is 13.8 Å². The lowest BCUT2D eigenvalue weighted by atomic mass is 10.1. The summed E-state index contributed by atoms with van der Waals surface area (Å²) in [5.74, 6) is -0.338. The lowest BCUT2D eigenvalue weighted by molar-refractivity contribution is -0.121. The zero-order valence-corrected chi connectivity index (χ0v) is 21.5. The van der Waals surface area contributed by atoms with Gasteiger partial charge < -0.3 is 19.9 Å². The number of anilines is 1. The van der Waals surface area contributed by atoms with E-state index in [-0.39, 0.29) is 18.4 Å². The monoisotopic (exact) mass is 540 g/mol. The number of nitrogens with zero attached hydrogens (tertiary/aromatic N) is 2. The molecule has 0 radical (unpaired) electrons. The van der Waals surface area contributed by atoms with Gasteiger partial charge in [0.05, 0.1) is 12.3 Å².